The third-order valence-corrected chi connectivity index (χ3v) is 2.32. The Bertz CT molecular complexity index is 334. The van der Waals surface area contributed by atoms with Crippen LogP contribution in [0, 0.1) is 0 Å². The van der Waals surface area contributed by atoms with Crippen molar-refractivity contribution >= 4 is 0 Å². The van der Waals surface area contributed by atoms with Gasteiger partial charge in [0.2, 0.25) is 5.88 Å². The number of ether oxygens (including phenoxy) is 1. The van der Waals surface area contributed by atoms with E-state index in [0.717, 1.165) is 25.2 Å². The summed E-state index contributed by atoms with van der Waals surface area (Å²) in [5, 5.41) is 6.79. The maximum absolute atomic E-state index is 5.19. The largest absolute Gasteiger partial charge is 0.481 e. The van der Waals surface area contributed by atoms with E-state index in [0.29, 0.717) is 5.88 Å². The molecule has 4 heteroatoms. The maximum Gasteiger partial charge on any atom is 0.217 e. The molecule has 0 aliphatic heterocycles. The standard InChI is InChI=1S/C13H23N3O/c1-13(2,3)16-9-8-14-10-11-6-5-7-15-12(11)17-4/h5-7,14,16H,8-10H2,1-4H3. The van der Waals surface area contributed by atoms with Crippen LogP contribution in [0.2, 0.25) is 0 Å². The number of nitrogens with one attached hydrogen (secondary N) is 2. The first-order valence-electron chi connectivity index (χ1n) is 5.96. The molecule has 2 N–H and O–H groups in total. The fraction of sp³-hybridized carbons (Fsp3) is 0.615. The van der Waals surface area contributed by atoms with Crippen molar-refractivity contribution in [1.82, 2.24) is 15.6 Å². The molecule has 0 fully saturated rings. The van der Waals surface area contributed by atoms with Gasteiger partial charge in [-0.25, -0.2) is 4.98 Å². The average molecular weight is 237 g/mol. The molecule has 0 aliphatic carbocycles. The van der Waals surface area contributed by atoms with Crippen LogP contribution in [0.3, 0.4) is 0 Å². The van der Waals surface area contributed by atoms with E-state index in [1.165, 1.54) is 0 Å². The van der Waals surface area contributed by atoms with Crippen LogP contribution in [0.15, 0.2) is 18.3 Å². The maximum atomic E-state index is 5.19. The van der Waals surface area contributed by atoms with Gasteiger partial charge in [0.1, 0.15) is 0 Å². The van der Waals surface area contributed by atoms with Crippen LogP contribution in [0.25, 0.3) is 0 Å². The molecule has 96 valence electrons. The Morgan fingerprint density at radius 1 is 1.29 bits per heavy atom. The summed E-state index contributed by atoms with van der Waals surface area (Å²) in [7, 11) is 1.65. The number of aromatic nitrogens is 1. The molecule has 0 aromatic carbocycles. The Kier molecular flexibility index (Phi) is 5.38. The molecule has 0 unspecified atom stereocenters. The van der Waals surface area contributed by atoms with Crippen LogP contribution in [-0.4, -0.2) is 30.7 Å². The zero-order valence-corrected chi connectivity index (χ0v) is 11.2. The van der Waals surface area contributed by atoms with Gasteiger partial charge in [0.15, 0.2) is 0 Å². The predicted octanol–water partition coefficient (Wildman–Crippen LogP) is 1.57. The molecule has 1 heterocycles. The molecule has 4 nitrogen and oxygen atoms in total. The third kappa shape index (κ3) is 5.65. The molecule has 0 radical (unpaired) electrons. The lowest BCUT2D eigenvalue weighted by molar-refractivity contribution is 0.389. The summed E-state index contributed by atoms with van der Waals surface area (Å²) in [5.41, 5.74) is 1.26. The minimum Gasteiger partial charge on any atom is -0.481 e. The highest BCUT2D eigenvalue weighted by Crippen LogP contribution is 2.12. The second kappa shape index (κ2) is 6.57. The van der Waals surface area contributed by atoms with Crippen LogP contribution in [0.4, 0.5) is 0 Å². The summed E-state index contributed by atoms with van der Waals surface area (Å²) >= 11 is 0. The van der Waals surface area contributed by atoms with Gasteiger partial charge in [-0.15, -0.1) is 0 Å². The molecule has 17 heavy (non-hydrogen) atoms. The molecule has 0 amide bonds. The van der Waals surface area contributed by atoms with E-state index < -0.39 is 0 Å². The molecule has 0 bridgehead atoms. The first-order chi connectivity index (χ1) is 8.03. The molecule has 0 saturated carbocycles. The van der Waals surface area contributed by atoms with Crippen molar-refractivity contribution in [3.8, 4) is 5.88 Å². The van der Waals surface area contributed by atoms with Crippen molar-refractivity contribution in [1.29, 1.82) is 0 Å². The Morgan fingerprint density at radius 3 is 2.71 bits per heavy atom. The summed E-state index contributed by atoms with van der Waals surface area (Å²) in [5.74, 6) is 0.698. The second-order valence-corrected chi connectivity index (χ2v) is 5.03. The first-order valence-corrected chi connectivity index (χ1v) is 5.96. The van der Waals surface area contributed by atoms with Gasteiger partial charge in [0.25, 0.3) is 0 Å². The van der Waals surface area contributed by atoms with Gasteiger partial charge >= 0.3 is 0 Å². The van der Waals surface area contributed by atoms with Crippen LogP contribution >= 0.6 is 0 Å². The Balaban J connectivity index is 2.27. The summed E-state index contributed by atoms with van der Waals surface area (Å²) in [6.07, 6.45) is 1.74. The number of pyridine rings is 1. The fourth-order valence-corrected chi connectivity index (χ4v) is 1.49. The highest BCUT2D eigenvalue weighted by Gasteiger charge is 2.07. The van der Waals surface area contributed by atoms with E-state index in [2.05, 4.69) is 36.4 Å². The van der Waals surface area contributed by atoms with Gasteiger partial charge in [0.05, 0.1) is 7.11 Å². The topological polar surface area (TPSA) is 46.2 Å². The summed E-state index contributed by atoms with van der Waals surface area (Å²) in [6.45, 7) is 9.15. The van der Waals surface area contributed by atoms with Gasteiger partial charge in [-0.1, -0.05) is 6.07 Å². The summed E-state index contributed by atoms with van der Waals surface area (Å²) in [6, 6.07) is 3.95. The quantitative estimate of drug-likeness (QED) is 0.737. The average Bonchev–Trinajstić information content (AvgIpc) is 2.27. The van der Waals surface area contributed by atoms with Crippen LogP contribution < -0.4 is 15.4 Å². The molecule has 0 saturated heterocycles. The summed E-state index contributed by atoms with van der Waals surface area (Å²) in [4.78, 5) is 4.16. The normalized spacial score (nSPS) is 11.5. The SMILES string of the molecule is COc1ncccc1CNCCNC(C)(C)C. The highest BCUT2D eigenvalue weighted by molar-refractivity contribution is 5.24. The van der Waals surface area contributed by atoms with Gasteiger partial charge in [-0.05, 0) is 26.8 Å². The van der Waals surface area contributed by atoms with Crippen molar-refractivity contribution in [2.75, 3.05) is 20.2 Å². The number of nitrogens with zero attached hydrogens (tertiary/aromatic N) is 1. The molecule has 1 rings (SSSR count). The molecular weight excluding hydrogens is 214 g/mol. The van der Waals surface area contributed by atoms with Gasteiger partial charge < -0.3 is 15.4 Å². The highest BCUT2D eigenvalue weighted by atomic mass is 16.5. The lowest BCUT2D eigenvalue weighted by Crippen LogP contribution is -2.40. The van der Waals surface area contributed by atoms with Gasteiger partial charge in [0, 0.05) is 36.9 Å². The third-order valence-electron chi connectivity index (χ3n) is 2.32. The predicted molar refractivity (Wildman–Crippen MR) is 70.3 cm³/mol. The van der Waals surface area contributed by atoms with E-state index in [-0.39, 0.29) is 5.54 Å². The molecule has 0 atom stereocenters. The van der Waals surface area contributed by atoms with Crippen molar-refractivity contribution in [3.63, 3.8) is 0 Å². The van der Waals surface area contributed by atoms with Crippen LogP contribution in [-0.2, 0) is 6.54 Å². The molecule has 0 aliphatic rings. The number of methoxy groups -OCH3 is 1. The Labute approximate surface area is 104 Å². The fourth-order valence-electron chi connectivity index (χ4n) is 1.49. The zero-order chi connectivity index (χ0) is 12.7. The van der Waals surface area contributed by atoms with Crippen LogP contribution in [0.1, 0.15) is 26.3 Å². The first kappa shape index (κ1) is 13.9. The lowest BCUT2D eigenvalue weighted by atomic mass is 10.1. The number of hydrogen-bond acceptors (Lipinski definition) is 4. The van der Waals surface area contributed by atoms with E-state index >= 15 is 0 Å². The summed E-state index contributed by atoms with van der Waals surface area (Å²) < 4.78 is 5.19. The minimum absolute atomic E-state index is 0.174. The van der Waals surface area contributed by atoms with Crippen molar-refractivity contribution in [2.45, 2.75) is 32.9 Å². The van der Waals surface area contributed by atoms with E-state index in [1.54, 1.807) is 13.3 Å². The molecule has 1 aromatic heterocycles. The van der Waals surface area contributed by atoms with E-state index in [4.69, 9.17) is 4.74 Å². The number of rotatable bonds is 6. The van der Waals surface area contributed by atoms with Gasteiger partial charge in [-0.2, -0.15) is 0 Å². The van der Waals surface area contributed by atoms with E-state index in [9.17, 15) is 0 Å². The Morgan fingerprint density at radius 2 is 2.06 bits per heavy atom. The molecule has 0 spiro atoms. The van der Waals surface area contributed by atoms with Crippen molar-refractivity contribution in [2.24, 2.45) is 0 Å². The second-order valence-electron chi connectivity index (χ2n) is 5.03. The lowest BCUT2D eigenvalue weighted by Gasteiger charge is -2.20. The monoisotopic (exact) mass is 237 g/mol. The zero-order valence-electron chi connectivity index (χ0n) is 11.2. The van der Waals surface area contributed by atoms with E-state index in [1.807, 2.05) is 12.1 Å². The Hall–Kier alpha value is -1.13. The minimum atomic E-state index is 0.174. The van der Waals surface area contributed by atoms with Crippen molar-refractivity contribution < 1.29 is 4.74 Å². The smallest absolute Gasteiger partial charge is 0.217 e. The molecule has 1 aromatic rings. The molecular formula is C13H23N3O. The van der Waals surface area contributed by atoms with Crippen LogP contribution in [0.5, 0.6) is 5.88 Å². The van der Waals surface area contributed by atoms with Gasteiger partial charge in [-0.3, -0.25) is 0 Å². The number of hydrogen-bond donors (Lipinski definition) is 2. The van der Waals surface area contributed by atoms with Crippen molar-refractivity contribution in [3.05, 3.63) is 23.9 Å².